The van der Waals surface area contributed by atoms with Gasteiger partial charge in [-0.15, -0.1) is 21.9 Å². The summed E-state index contributed by atoms with van der Waals surface area (Å²) in [6.07, 6.45) is -12.2. The summed E-state index contributed by atoms with van der Waals surface area (Å²) >= 11 is 0. The van der Waals surface area contributed by atoms with Crippen molar-refractivity contribution in [2.45, 2.75) is 0 Å². The van der Waals surface area contributed by atoms with Gasteiger partial charge in [-0.25, -0.2) is 87.8 Å². The molecule has 0 aromatic heterocycles. The number of nitrogens with zero attached hydrogens (tertiary/aromatic N) is 3. The first-order valence-electron chi connectivity index (χ1n) is 14.4. The van der Waals surface area contributed by atoms with Crippen LogP contribution in [0.2, 0.25) is 0 Å². The molecule has 282 valence electrons. The molecule has 0 amide bonds. The van der Waals surface area contributed by atoms with Crippen LogP contribution in [0.25, 0.3) is 27.3 Å². The third-order valence-corrected chi connectivity index (χ3v) is 10.5. The molecule has 0 saturated carbocycles. The van der Waals surface area contributed by atoms with Crippen molar-refractivity contribution in [1.82, 2.24) is 4.83 Å². The second-order valence-corrected chi connectivity index (χ2v) is 12.4. The van der Waals surface area contributed by atoms with Crippen molar-refractivity contribution >= 4 is 45.3 Å². The third kappa shape index (κ3) is 3.44. The maximum atomic E-state index is 16.5. The van der Waals surface area contributed by atoms with E-state index in [4.69, 9.17) is 0 Å². The molecule has 0 radical (unpaired) electrons. The molecule has 5 aromatic rings. The Morgan fingerprint density at radius 2 is 0.418 bits per heavy atom. The zero-order valence-corrected chi connectivity index (χ0v) is 25.1. The lowest BCUT2D eigenvalue weighted by atomic mass is 9.22. The minimum absolute atomic E-state index is 1.19. The molecule has 0 saturated heterocycles. The van der Waals surface area contributed by atoms with Crippen LogP contribution >= 0.6 is 0 Å². The molecule has 25 heteroatoms. The quantitative estimate of drug-likeness (QED) is 0.0687. The van der Waals surface area contributed by atoms with Gasteiger partial charge in [-0.2, -0.15) is 10.9 Å². The second-order valence-electron chi connectivity index (χ2n) is 12.4. The number of hydrogen-bond acceptors (Lipinski definition) is 2. The first-order chi connectivity index (χ1) is 25.6. The Labute approximate surface area is 287 Å². The average Bonchev–Trinajstić information content (AvgIpc) is 3.74. The Kier molecular flexibility index (Phi) is 6.96. The molecule has 0 bridgehead atoms. The molecular formula is C30B2F20N3-. The summed E-state index contributed by atoms with van der Waals surface area (Å²) in [5, 5.41) is 12.9. The van der Waals surface area contributed by atoms with Crippen LogP contribution in [0.3, 0.4) is 0 Å². The number of fused-ring (bicyclic) bond motifs is 13. The van der Waals surface area contributed by atoms with Gasteiger partial charge in [-0.05, 0) is 22.3 Å². The summed E-state index contributed by atoms with van der Waals surface area (Å²) in [5.74, 6) is -62.5. The van der Waals surface area contributed by atoms with E-state index >= 15 is 70.2 Å². The lowest BCUT2D eigenvalue weighted by Gasteiger charge is -2.46. The molecule has 3 nitrogen and oxygen atoms in total. The molecule has 0 unspecified atom stereocenters. The number of benzene rings is 5. The molecule has 0 atom stereocenters. The summed E-state index contributed by atoms with van der Waals surface area (Å²) in [4.78, 5) is -1.19. The Morgan fingerprint density at radius 3 is 0.600 bits per heavy atom. The number of hydrogen-bond donors (Lipinski definition) is 0. The molecule has 55 heavy (non-hydrogen) atoms. The molecule has 0 N–H and O–H groups in total. The second kappa shape index (κ2) is 10.6. The van der Waals surface area contributed by atoms with Crippen molar-refractivity contribution in [3.63, 3.8) is 0 Å². The van der Waals surface area contributed by atoms with Gasteiger partial charge in [0.05, 0.1) is 0 Å². The molecule has 3 aliphatic rings. The van der Waals surface area contributed by atoms with Crippen molar-refractivity contribution in [3.05, 3.63) is 121 Å². The van der Waals surface area contributed by atoms with Crippen LogP contribution in [-0.2, 0) is 0 Å². The first-order valence-corrected chi connectivity index (χ1v) is 14.4. The summed E-state index contributed by atoms with van der Waals surface area (Å²) in [5.41, 5.74) is -25.3. The molecule has 5 aromatic carbocycles. The highest BCUT2D eigenvalue weighted by atomic mass is 19.2. The average molecular weight is 804 g/mol. The van der Waals surface area contributed by atoms with E-state index in [0.717, 1.165) is 0 Å². The Morgan fingerprint density at radius 1 is 0.255 bits per heavy atom. The topological polar surface area (TPSA) is 31.4 Å². The molecule has 0 aliphatic carbocycles. The lowest BCUT2D eigenvalue weighted by molar-refractivity contribution is 0.409. The van der Waals surface area contributed by atoms with Crippen molar-refractivity contribution in [2.24, 2.45) is 0 Å². The zero-order valence-electron chi connectivity index (χ0n) is 25.1. The Bertz CT molecular complexity index is 2500. The maximum Gasteiger partial charge on any atom is 0.246 e. The van der Waals surface area contributed by atoms with Crippen molar-refractivity contribution in [3.8, 4) is 22.3 Å². The van der Waals surface area contributed by atoms with Gasteiger partial charge in [0.15, 0.2) is 81.4 Å². The van der Waals surface area contributed by atoms with E-state index in [9.17, 15) is 23.0 Å². The zero-order chi connectivity index (χ0) is 40.6. The van der Waals surface area contributed by atoms with E-state index in [0.29, 0.717) is 0 Å². The van der Waals surface area contributed by atoms with E-state index in [-0.39, 0.29) is 0 Å². The molecular weight excluding hydrogens is 804 g/mol. The Hall–Kier alpha value is -5.95. The van der Waals surface area contributed by atoms with Crippen LogP contribution in [0.5, 0.6) is 0 Å². The predicted molar refractivity (Wildman–Crippen MR) is 146 cm³/mol. The van der Waals surface area contributed by atoms with Gasteiger partial charge in [-0.3, -0.25) is 0 Å². The van der Waals surface area contributed by atoms with Crippen LogP contribution < -0.4 is 32.8 Å². The van der Waals surface area contributed by atoms with Crippen LogP contribution in [0, 0.1) is 122 Å². The highest BCUT2D eigenvalue weighted by molar-refractivity contribution is 7.31. The lowest BCUT2D eigenvalue weighted by Crippen LogP contribution is -2.80. The van der Waals surface area contributed by atoms with Gasteiger partial charge in [0.1, 0.15) is 34.9 Å². The largest absolute Gasteiger partial charge is 0.339 e. The van der Waals surface area contributed by atoms with Gasteiger partial charge in [-0.1, -0.05) is 0 Å². The maximum absolute atomic E-state index is 16.5. The van der Waals surface area contributed by atoms with E-state index in [2.05, 4.69) is 5.08 Å². The predicted octanol–water partition coefficient (Wildman–Crippen LogP) is 5.45. The van der Waals surface area contributed by atoms with E-state index in [1.54, 1.807) is 0 Å². The van der Waals surface area contributed by atoms with Crippen molar-refractivity contribution in [2.75, 3.05) is 0 Å². The van der Waals surface area contributed by atoms with Crippen LogP contribution in [0.4, 0.5) is 87.8 Å². The minimum atomic E-state index is -6.11. The molecule has 3 aliphatic heterocycles. The smallest absolute Gasteiger partial charge is 0.246 e. The van der Waals surface area contributed by atoms with Gasteiger partial charge in [0, 0.05) is 0 Å². The minimum Gasteiger partial charge on any atom is -0.339 e. The summed E-state index contributed by atoms with van der Waals surface area (Å²) in [6, 6.07) is 0. The van der Waals surface area contributed by atoms with Gasteiger partial charge in [0.2, 0.25) is 23.0 Å². The highest BCUT2D eigenvalue weighted by Crippen LogP contribution is 2.47. The molecule has 3 heterocycles. The number of diazo groups is 1. The fraction of sp³-hybridized carbons (Fsp3) is 0. The molecule has 2 spiro atoms. The van der Waals surface area contributed by atoms with Crippen LogP contribution in [0.15, 0.2) is 0 Å². The normalized spacial score (nSPS) is 15.1. The van der Waals surface area contributed by atoms with Crippen molar-refractivity contribution < 1.29 is 87.8 Å². The SMILES string of the molecule is N#[N+]N1[B-]2(c3c(F)c(F)c(F)c(F)c3-c3c(F)c(F)c(F)c(F)c32)c2c(F)c(F)c(F)c(F)c2[B-]12c1c(F)c(F)c(F)c(F)c1-c1c(F)c(F)c(F)c(F)c12. The molecule has 0 fully saturated rings. The Balaban J connectivity index is 1.82. The monoisotopic (exact) mass is 804 g/mol. The first kappa shape index (κ1) is 36.0. The van der Waals surface area contributed by atoms with Gasteiger partial charge < -0.3 is 4.83 Å². The third-order valence-electron chi connectivity index (χ3n) is 10.5. The van der Waals surface area contributed by atoms with Gasteiger partial charge >= 0.3 is 0 Å². The fourth-order valence-electron chi connectivity index (χ4n) is 8.77. The van der Waals surface area contributed by atoms with E-state index in [1.165, 1.54) is 0 Å². The number of halogens is 20. The van der Waals surface area contributed by atoms with Gasteiger partial charge in [0.25, 0.3) is 0 Å². The van der Waals surface area contributed by atoms with Crippen LogP contribution in [-0.4, -0.2) is 17.4 Å². The summed E-state index contributed by atoms with van der Waals surface area (Å²) in [7, 11) is 0. The fourth-order valence-corrected chi connectivity index (χ4v) is 8.77. The van der Waals surface area contributed by atoms with E-state index in [1.807, 2.05) is 0 Å². The number of rotatable bonds is 0. The summed E-state index contributed by atoms with van der Waals surface area (Å²) < 4.78 is 311. The highest BCUT2D eigenvalue weighted by Gasteiger charge is 2.69. The summed E-state index contributed by atoms with van der Waals surface area (Å²) in [6.45, 7) is 0. The molecule has 8 rings (SSSR count). The van der Waals surface area contributed by atoms with E-state index < -0.39 is 189 Å². The van der Waals surface area contributed by atoms with Crippen molar-refractivity contribution in [1.29, 1.82) is 5.39 Å². The van der Waals surface area contributed by atoms with Crippen LogP contribution in [0.1, 0.15) is 0 Å². The standard InChI is InChI=1S/C30B2F20N3/c33-11-1-2-6(16(38)26(48)22(44)12(2)34)31(5(1)15(37)25(47)21(11)43)9-10(20(42)30(52)29(51)19(9)41)32(55(31)54-53)7-3(13(35)23(45)27(49)17(7)39)4-8(32)18(40)28(50)24(46)14(4)36/q-1.